The van der Waals surface area contributed by atoms with Gasteiger partial charge in [0.15, 0.2) is 17.8 Å². The Hall–Kier alpha value is -3.49. The number of nitrogens with zero attached hydrogens (tertiary/aromatic N) is 6. The second-order valence-corrected chi connectivity index (χ2v) is 9.04. The van der Waals surface area contributed by atoms with Gasteiger partial charge in [-0.1, -0.05) is 11.3 Å². The Bertz CT molecular complexity index is 1340. The van der Waals surface area contributed by atoms with Crippen LogP contribution in [-0.2, 0) is 9.47 Å². The number of halogens is 3. The first-order chi connectivity index (χ1) is 18.2. The number of fused-ring (bicyclic) bond motifs is 1. The Morgan fingerprint density at radius 1 is 1.08 bits per heavy atom. The fourth-order valence-electron chi connectivity index (χ4n) is 3.71. The van der Waals surface area contributed by atoms with Crippen LogP contribution in [0.5, 0.6) is 11.5 Å². The first-order valence-electron chi connectivity index (χ1n) is 11.6. The number of aliphatic imine (C=N–C) groups is 1. The summed E-state index contributed by atoms with van der Waals surface area (Å²) in [5, 5.41) is 13.1. The van der Waals surface area contributed by atoms with E-state index in [0.29, 0.717) is 41.8 Å². The Balaban J connectivity index is 1.69. The van der Waals surface area contributed by atoms with Crippen LogP contribution in [0.25, 0.3) is 11.4 Å². The number of rotatable bonds is 11. The molecule has 204 valence electrons. The zero-order chi connectivity index (χ0) is 27.4. The molecule has 0 radical (unpaired) electrons. The zero-order valence-corrected chi connectivity index (χ0v) is 22.3. The molecule has 1 aromatic carbocycles. The minimum Gasteiger partial charge on any atom is -0.497 e. The van der Waals surface area contributed by atoms with Gasteiger partial charge >= 0.3 is 6.18 Å². The van der Waals surface area contributed by atoms with Gasteiger partial charge in [-0.2, -0.15) is 22.9 Å². The van der Waals surface area contributed by atoms with Crippen molar-refractivity contribution < 1.29 is 32.1 Å². The summed E-state index contributed by atoms with van der Waals surface area (Å²) in [7, 11) is 4.49. The lowest BCUT2D eigenvalue weighted by molar-refractivity contribution is -0.108. The standard InChI is InChI=1S/C24H27F3N6O4S/c1-6-32(11-12-37-14(2)34-3)19-10-9-18(38-19)28-20-21(24(25,26)27)31-33-22(29-30-23(20)33)16-13-15(35-4)7-8-17(16)36-5/h7-10,13-14H,6,11-12H2,1-5H3. The van der Waals surface area contributed by atoms with Crippen LogP contribution in [0.4, 0.5) is 23.2 Å². The van der Waals surface area contributed by atoms with Crippen LogP contribution < -0.4 is 14.4 Å². The number of benzene rings is 1. The lowest BCUT2D eigenvalue weighted by atomic mass is 10.1. The molecular formula is C24H27F3N6O4S. The summed E-state index contributed by atoms with van der Waals surface area (Å²) < 4.78 is 64.4. The maximum Gasteiger partial charge on any atom is 0.437 e. The maximum atomic E-state index is 14.0. The van der Waals surface area contributed by atoms with Crippen LogP contribution in [0.1, 0.15) is 19.7 Å². The number of aromatic nitrogens is 3. The second kappa shape index (κ2) is 11.5. The van der Waals surface area contributed by atoms with Crippen molar-refractivity contribution in [2.75, 3.05) is 45.9 Å². The van der Waals surface area contributed by atoms with Gasteiger partial charge < -0.3 is 23.8 Å². The zero-order valence-electron chi connectivity index (χ0n) is 21.4. The van der Waals surface area contributed by atoms with Gasteiger partial charge in [0.05, 0.1) is 31.4 Å². The quantitative estimate of drug-likeness (QED) is 0.317. The lowest BCUT2D eigenvalue weighted by Crippen LogP contribution is -2.29. The van der Waals surface area contributed by atoms with Crippen molar-refractivity contribution in [3.8, 4) is 22.9 Å². The van der Waals surface area contributed by atoms with Crippen LogP contribution in [0.3, 0.4) is 0 Å². The number of hydrogen-bond acceptors (Lipinski definition) is 10. The van der Waals surface area contributed by atoms with E-state index in [-0.39, 0.29) is 17.9 Å². The monoisotopic (exact) mass is 552 g/mol. The first-order valence-corrected chi connectivity index (χ1v) is 12.4. The summed E-state index contributed by atoms with van der Waals surface area (Å²) >= 11 is 1.25. The molecule has 14 heteroatoms. The van der Waals surface area contributed by atoms with Crippen molar-refractivity contribution >= 4 is 32.8 Å². The molecule has 0 fully saturated rings. The Kier molecular flexibility index (Phi) is 8.33. The van der Waals surface area contributed by atoms with Gasteiger partial charge in [0.2, 0.25) is 5.82 Å². The van der Waals surface area contributed by atoms with Crippen molar-refractivity contribution in [1.29, 1.82) is 0 Å². The number of methoxy groups -OCH3 is 3. The highest BCUT2D eigenvalue weighted by Crippen LogP contribution is 2.37. The van der Waals surface area contributed by atoms with Crippen LogP contribution in [0.2, 0.25) is 0 Å². The van der Waals surface area contributed by atoms with Gasteiger partial charge in [0.1, 0.15) is 22.2 Å². The van der Waals surface area contributed by atoms with E-state index in [2.05, 4.69) is 20.3 Å². The number of ether oxygens (including phenoxy) is 4. The average Bonchev–Trinajstić information content (AvgIpc) is 3.62. The molecule has 38 heavy (non-hydrogen) atoms. The normalized spacial score (nSPS) is 14.9. The highest BCUT2D eigenvalue weighted by atomic mass is 32.1. The third-order valence-corrected chi connectivity index (χ3v) is 6.77. The molecule has 3 aromatic rings. The first kappa shape index (κ1) is 27.5. The van der Waals surface area contributed by atoms with Crippen molar-refractivity contribution in [2.45, 2.75) is 26.3 Å². The summed E-state index contributed by atoms with van der Waals surface area (Å²) in [6.45, 7) is 5.46. The third-order valence-electron chi connectivity index (χ3n) is 5.73. The molecule has 0 spiro atoms. The molecule has 0 saturated carbocycles. The van der Waals surface area contributed by atoms with E-state index in [1.54, 1.807) is 38.3 Å². The second-order valence-electron chi connectivity index (χ2n) is 8.00. The number of likely N-dealkylation sites (N-methyl/N-ethyl adjacent to an activating group) is 1. The molecule has 3 heterocycles. The Labute approximate surface area is 221 Å². The van der Waals surface area contributed by atoms with Crippen molar-refractivity contribution in [2.24, 2.45) is 10.1 Å². The summed E-state index contributed by atoms with van der Waals surface area (Å²) in [6.07, 6.45) is -5.10. The molecule has 1 atom stereocenters. The van der Waals surface area contributed by atoms with Crippen LogP contribution in [0.15, 0.2) is 40.4 Å². The highest BCUT2D eigenvalue weighted by molar-refractivity contribution is 7.19. The lowest BCUT2D eigenvalue weighted by Gasteiger charge is -2.21. The molecular weight excluding hydrogens is 525 g/mol. The minimum atomic E-state index is -4.76. The largest absolute Gasteiger partial charge is 0.497 e. The Morgan fingerprint density at radius 3 is 2.50 bits per heavy atom. The molecule has 10 nitrogen and oxygen atoms in total. The van der Waals surface area contributed by atoms with E-state index in [0.717, 1.165) is 9.68 Å². The van der Waals surface area contributed by atoms with E-state index in [1.807, 2.05) is 17.9 Å². The fourth-order valence-corrected chi connectivity index (χ4v) is 4.68. The summed E-state index contributed by atoms with van der Waals surface area (Å²) in [6, 6.07) is 8.36. The van der Waals surface area contributed by atoms with Crippen molar-refractivity contribution in [3.63, 3.8) is 0 Å². The van der Waals surface area contributed by atoms with Crippen molar-refractivity contribution in [3.05, 3.63) is 36.2 Å². The molecule has 4 rings (SSSR count). The van der Waals surface area contributed by atoms with Crippen LogP contribution in [-0.4, -0.2) is 79.8 Å². The number of alkyl halides is 3. The molecule has 1 unspecified atom stereocenters. The van der Waals surface area contributed by atoms with Crippen LogP contribution >= 0.6 is 11.3 Å². The fraction of sp³-hybridized carbons (Fsp3) is 0.417. The Morgan fingerprint density at radius 2 is 1.84 bits per heavy atom. The summed E-state index contributed by atoms with van der Waals surface area (Å²) in [5.74, 6) is 0.791. The van der Waals surface area contributed by atoms with E-state index < -0.39 is 17.6 Å². The topological polar surface area (TPSA) is 95.6 Å². The predicted molar refractivity (Wildman–Crippen MR) is 138 cm³/mol. The number of thiophene rings is 1. The van der Waals surface area contributed by atoms with Crippen molar-refractivity contribution in [1.82, 2.24) is 14.9 Å². The molecule has 0 aliphatic carbocycles. The molecule has 0 bridgehead atoms. The van der Waals surface area contributed by atoms with Crippen LogP contribution in [0, 0.1) is 0 Å². The van der Waals surface area contributed by atoms with Gasteiger partial charge in [-0.3, -0.25) is 0 Å². The average molecular weight is 553 g/mol. The molecule has 0 saturated heterocycles. The van der Waals surface area contributed by atoms with E-state index >= 15 is 0 Å². The molecule has 2 aromatic heterocycles. The molecule has 1 aliphatic rings. The van der Waals surface area contributed by atoms with Gasteiger partial charge in [-0.25, -0.2) is 4.99 Å². The van der Waals surface area contributed by atoms with Gasteiger partial charge in [-0.05, 0) is 44.2 Å². The van der Waals surface area contributed by atoms with Gasteiger partial charge in [0.25, 0.3) is 0 Å². The summed E-state index contributed by atoms with van der Waals surface area (Å²) in [5.41, 5.74) is -1.19. The minimum absolute atomic E-state index is 0.0667. The maximum absolute atomic E-state index is 14.0. The smallest absolute Gasteiger partial charge is 0.437 e. The summed E-state index contributed by atoms with van der Waals surface area (Å²) in [4.78, 5) is 6.36. The SMILES string of the molecule is CCN(CCOC(C)OC)c1ccc(N=C2C(C(F)(F)F)=Nn3c2nnc3-c2cc(OC)ccc2OC)s1. The molecule has 1 aliphatic heterocycles. The molecule has 0 amide bonds. The third kappa shape index (κ3) is 5.66. The van der Waals surface area contributed by atoms with Gasteiger partial charge in [-0.15, -0.1) is 10.2 Å². The number of anilines is 1. The number of hydrogen-bond donors (Lipinski definition) is 0. The highest BCUT2D eigenvalue weighted by Gasteiger charge is 2.46. The van der Waals surface area contributed by atoms with Gasteiger partial charge in [0, 0.05) is 20.2 Å². The predicted octanol–water partition coefficient (Wildman–Crippen LogP) is 4.76. The molecule has 0 N–H and O–H groups in total. The van der Waals surface area contributed by atoms with E-state index in [1.165, 1.54) is 25.6 Å². The van der Waals surface area contributed by atoms with E-state index in [4.69, 9.17) is 18.9 Å². The van der Waals surface area contributed by atoms with E-state index in [9.17, 15) is 13.2 Å².